The summed E-state index contributed by atoms with van der Waals surface area (Å²) < 4.78 is 0. The number of nitrogens with zero attached hydrogens (tertiary/aromatic N) is 4. The SMILES string of the molecule is CCCCN(CCCC)c1ccc(N(c2ccc(N(CCCC)CCCC)cc2)c2ccc(N(c3ccc([NH+](CCCC)CCCC)cc3)c3ccc([NH+](CCCC)CCCC)cc3)cc2)cc1. The number of anilines is 8. The third-order valence-corrected chi connectivity index (χ3v) is 13.8. The van der Waals surface area contributed by atoms with Gasteiger partial charge < -0.3 is 29.4 Å². The molecule has 0 saturated heterocycles. The largest absolute Gasteiger partial charge is 0.372 e. The van der Waals surface area contributed by atoms with Gasteiger partial charge in [0.2, 0.25) is 0 Å². The van der Waals surface area contributed by atoms with Gasteiger partial charge in [-0.3, -0.25) is 0 Å². The van der Waals surface area contributed by atoms with Crippen LogP contribution in [0.2, 0.25) is 0 Å². The lowest BCUT2D eigenvalue weighted by Gasteiger charge is -2.30. The van der Waals surface area contributed by atoms with Crippen molar-refractivity contribution in [3.8, 4) is 0 Å². The number of unbranched alkanes of at least 4 members (excludes halogenated alkanes) is 8. The molecule has 5 aromatic rings. The van der Waals surface area contributed by atoms with Gasteiger partial charge in [0.1, 0.15) is 11.4 Å². The summed E-state index contributed by atoms with van der Waals surface area (Å²) >= 11 is 0. The fourth-order valence-corrected chi connectivity index (χ4v) is 9.49. The smallest absolute Gasteiger partial charge is 0.131 e. The highest BCUT2D eigenvalue weighted by molar-refractivity contribution is 5.82. The van der Waals surface area contributed by atoms with Crippen LogP contribution < -0.4 is 29.4 Å². The molecule has 0 atom stereocenters. The topological polar surface area (TPSA) is 21.8 Å². The molecule has 0 bridgehead atoms. The van der Waals surface area contributed by atoms with Crippen LogP contribution in [0.4, 0.5) is 56.9 Å². The first-order valence-electron chi connectivity index (χ1n) is 27.7. The number of quaternary nitrogens is 2. The van der Waals surface area contributed by atoms with Gasteiger partial charge in [-0.1, -0.05) is 107 Å². The summed E-state index contributed by atoms with van der Waals surface area (Å²) in [4.78, 5) is 13.3. The van der Waals surface area contributed by atoms with Crippen molar-refractivity contribution in [1.82, 2.24) is 0 Å². The van der Waals surface area contributed by atoms with Crippen LogP contribution >= 0.6 is 0 Å². The van der Waals surface area contributed by atoms with E-state index in [9.17, 15) is 0 Å². The fourth-order valence-electron chi connectivity index (χ4n) is 9.49. The second kappa shape index (κ2) is 30.7. The van der Waals surface area contributed by atoms with Crippen molar-refractivity contribution in [2.45, 2.75) is 158 Å². The van der Waals surface area contributed by atoms with Gasteiger partial charge in [-0.05, 0) is 148 Å². The van der Waals surface area contributed by atoms with Crippen LogP contribution in [0.25, 0.3) is 0 Å². The molecular formula is C62H94N6+2. The third kappa shape index (κ3) is 16.2. The molecule has 0 unspecified atom stereocenters. The van der Waals surface area contributed by atoms with E-state index < -0.39 is 0 Å². The van der Waals surface area contributed by atoms with Gasteiger partial charge in [-0.15, -0.1) is 0 Å². The van der Waals surface area contributed by atoms with Crippen LogP contribution in [-0.2, 0) is 0 Å². The molecule has 0 aliphatic carbocycles. The van der Waals surface area contributed by atoms with Crippen molar-refractivity contribution in [2.24, 2.45) is 0 Å². The zero-order valence-electron chi connectivity index (χ0n) is 44.3. The van der Waals surface area contributed by atoms with Gasteiger partial charge in [-0.2, -0.15) is 0 Å². The molecule has 0 aliphatic heterocycles. The first kappa shape index (κ1) is 54.2. The van der Waals surface area contributed by atoms with Crippen LogP contribution in [0.5, 0.6) is 0 Å². The Hall–Kier alpha value is -4.78. The standard InChI is InChI=1S/C62H92N6/c1-9-17-45-63(46-18-10-2)53-25-33-57(34-26-53)67(58-35-27-54(28-36-58)64(47-19-11-3)48-20-12-4)61-41-43-62(44-42-61)68(59-37-29-55(30-38-59)65(49-21-13-5)50-22-14-6)60-39-31-56(32-40-60)66(51-23-15-7)52-24-16-8/h25-44H,9-24,45-52H2,1-8H3/p+2. The van der Waals surface area contributed by atoms with Gasteiger partial charge in [-0.25, -0.2) is 0 Å². The Labute approximate surface area is 416 Å². The minimum atomic E-state index is 1.10. The monoisotopic (exact) mass is 923 g/mol. The Bertz CT molecular complexity index is 1740. The molecule has 0 saturated carbocycles. The number of benzene rings is 5. The normalized spacial score (nSPS) is 11.4. The summed E-state index contributed by atoms with van der Waals surface area (Å²) in [6.07, 6.45) is 19.6. The minimum absolute atomic E-state index is 1.10. The summed E-state index contributed by atoms with van der Waals surface area (Å²) in [6, 6.07) is 47.1. The van der Waals surface area contributed by atoms with E-state index in [1.807, 2.05) is 0 Å². The number of hydrogen-bond acceptors (Lipinski definition) is 4. The molecule has 0 aromatic heterocycles. The molecule has 2 N–H and O–H groups in total. The Morgan fingerprint density at radius 2 is 0.441 bits per heavy atom. The minimum Gasteiger partial charge on any atom is -0.372 e. The quantitative estimate of drug-likeness (QED) is 0.0429. The highest BCUT2D eigenvalue weighted by atomic mass is 15.2. The molecule has 0 aliphatic rings. The first-order valence-corrected chi connectivity index (χ1v) is 27.7. The second-order valence-corrected chi connectivity index (χ2v) is 19.3. The van der Waals surface area contributed by atoms with Gasteiger partial charge in [0, 0.05) is 95.9 Å². The van der Waals surface area contributed by atoms with Crippen molar-refractivity contribution in [3.63, 3.8) is 0 Å². The summed E-state index contributed by atoms with van der Waals surface area (Å²) in [5.41, 5.74) is 12.5. The lowest BCUT2D eigenvalue weighted by molar-refractivity contribution is -0.833. The maximum Gasteiger partial charge on any atom is 0.131 e. The van der Waals surface area contributed by atoms with Crippen LogP contribution in [0.3, 0.4) is 0 Å². The van der Waals surface area contributed by atoms with E-state index in [0.717, 1.165) is 37.6 Å². The van der Waals surface area contributed by atoms with Gasteiger partial charge in [0.15, 0.2) is 0 Å². The molecule has 6 nitrogen and oxygen atoms in total. The molecular weight excluding hydrogens is 829 g/mol. The fraction of sp³-hybridized carbons (Fsp3) is 0.516. The second-order valence-electron chi connectivity index (χ2n) is 19.3. The van der Waals surface area contributed by atoms with Crippen LogP contribution in [-0.4, -0.2) is 52.4 Å². The maximum atomic E-state index is 2.59. The average Bonchev–Trinajstić information content (AvgIpc) is 3.38. The number of hydrogen-bond donors (Lipinski definition) is 2. The van der Waals surface area contributed by atoms with Crippen molar-refractivity contribution in [3.05, 3.63) is 121 Å². The van der Waals surface area contributed by atoms with Crippen molar-refractivity contribution in [2.75, 3.05) is 72.0 Å². The summed E-state index contributed by atoms with van der Waals surface area (Å²) in [7, 11) is 0. The van der Waals surface area contributed by atoms with E-state index >= 15 is 0 Å². The summed E-state index contributed by atoms with van der Waals surface area (Å²) in [5.74, 6) is 0. The number of nitrogens with one attached hydrogen (secondary N) is 2. The molecule has 5 rings (SSSR count). The molecule has 68 heavy (non-hydrogen) atoms. The lowest BCUT2D eigenvalue weighted by Crippen LogP contribution is -3.07. The van der Waals surface area contributed by atoms with Crippen molar-refractivity contribution in [1.29, 1.82) is 0 Å². The number of rotatable bonds is 34. The highest BCUT2D eigenvalue weighted by Gasteiger charge is 2.20. The first-order chi connectivity index (χ1) is 33.4. The summed E-state index contributed by atoms with van der Waals surface area (Å²) in [5, 5.41) is 0. The Morgan fingerprint density at radius 3 is 0.647 bits per heavy atom. The van der Waals surface area contributed by atoms with E-state index in [1.54, 1.807) is 9.80 Å². The van der Waals surface area contributed by atoms with Gasteiger partial charge in [0.05, 0.1) is 26.2 Å². The van der Waals surface area contributed by atoms with Crippen molar-refractivity contribution < 1.29 is 9.80 Å². The Kier molecular flexibility index (Phi) is 24.4. The molecule has 0 amide bonds. The average molecular weight is 923 g/mol. The molecule has 370 valence electrons. The predicted molar refractivity (Wildman–Crippen MR) is 300 cm³/mol. The van der Waals surface area contributed by atoms with E-state index in [1.165, 1.54) is 174 Å². The maximum absolute atomic E-state index is 2.59. The van der Waals surface area contributed by atoms with Gasteiger partial charge >= 0.3 is 0 Å². The van der Waals surface area contributed by atoms with E-state index in [-0.39, 0.29) is 0 Å². The van der Waals surface area contributed by atoms with Crippen LogP contribution in [0.15, 0.2) is 121 Å². The van der Waals surface area contributed by atoms with E-state index in [2.05, 4.69) is 196 Å². The van der Waals surface area contributed by atoms with E-state index in [4.69, 9.17) is 0 Å². The summed E-state index contributed by atoms with van der Waals surface area (Å²) in [6.45, 7) is 27.6. The highest BCUT2D eigenvalue weighted by Crippen LogP contribution is 2.40. The molecule has 6 heteroatoms. The third-order valence-electron chi connectivity index (χ3n) is 13.8. The lowest BCUT2D eigenvalue weighted by atomic mass is 10.1. The molecule has 0 radical (unpaired) electrons. The molecule has 0 spiro atoms. The molecule has 5 aromatic carbocycles. The van der Waals surface area contributed by atoms with Gasteiger partial charge in [0.25, 0.3) is 0 Å². The predicted octanol–water partition coefficient (Wildman–Crippen LogP) is 15.7. The van der Waals surface area contributed by atoms with Crippen LogP contribution in [0, 0.1) is 0 Å². The zero-order valence-corrected chi connectivity index (χ0v) is 44.3. The molecule has 0 fully saturated rings. The van der Waals surface area contributed by atoms with Crippen LogP contribution in [0.1, 0.15) is 158 Å². The Morgan fingerprint density at radius 1 is 0.250 bits per heavy atom. The molecule has 0 heterocycles. The van der Waals surface area contributed by atoms with Crippen molar-refractivity contribution >= 4 is 56.9 Å². The Balaban J connectivity index is 1.58. The zero-order chi connectivity index (χ0) is 48.4. The van der Waals surface area contributed by atoms with E-state index in [0.29, 0.717) is 0 Å².